The van der Waals surface area contributed by atoms with Crippen LogP contribution in [0.2, 0.25) is 0 Å². The van der Waals surface area contributed by atoms with Crippen LogP contribution in [0.4, 0.5) is 0 Å². The maximum atomic E-state index is 11.1. The van der Waals surface area contributed by atoms with Crippen LogP contribution in [0.3, 0.4) is 0 Å². The highest BCUT2D eigenvalue weighted by Gasteiger charge is 2.59. The summed E-state index contributed by atoms with van der Waals surface area (Å²) in [4.78, 5) is 11.1. The molecule has 0 atom stereocenters. The second-order valence-corrected chi connectivity index (χ2v) is 5.59. The summed E-state index contributed by atoms with van der Waals surface area (Å²) >= 11 is 0. The average molecular weight is 208 g/mol. The average Bonchev–Trinajstić information content (AvgIpc) is 2.62. The molecule has 0 unspecified atom stereocenters. The number of rotatable bonds is 3. The van der Waals surface area contributed by atoms with Gasteiger partial charge in [0.1, 0.15) is 0 Å². The molecule has 0 aromatic rings. The summed E-state index contributed by atoms with van der Waals surface area (Å²) in [5.74, 6) is 0.551. The number of hydrogen-bond acceptors (Lipinski definition) is 2. The molecule has 0 aromatic heterocycles. The fourth-order valence-corrected chi connectivity index (χ4v) is 3.57. The molecule has 0 N–H and O–H groups in total. The highest BCUT2D eigenvalue weighted by atomic mass is 16.5. The van der Waals surface area contributed by atoms with Crippen LogP contribution in [-0.4, -0.2) is 12.6 Å². The fraction of sp³-hybridized carbons (Fsp3) is 0.769. The lowest BCUT2D eigenvalue weighted by atomic mass is 9.70. The minimum Gasteiger partial charge on any atom is -0.462 e. The van der Waals surface area contributed by atoms with Gasteiger partial charge in [-0.1, -0.05) is 20.4 Å². The SMILES string of the molecule is C=CC(=O)OCC12CCC(CC1)C2(C)C. The van der Waals surface area contributed by atoms with E-state index in [2.05, 4.69) is 20.4 Å². The first-order chi connectivity index (χ1) is 7.02. The number of ether oxygens (including phenoxy) is 1. The molecule has 2 rings (SSSR count). The van der Waals surface area contributed by atoms with Crippen molar-refractivity contribution in [1.29, 1.82) is 0 Å². The van der Waals surface area contributed by atoms with Crippen LogP contribution in [0.25, 0.3) is 0 Å². The van der Waals surface area contributed by atoms with Crippen LogP contribution in [0, 0.1) is 16.7 Å². The van der Waals surface area contributed by atoms with Crippen LogP contribution in [0.5, 0.6) is 0 Å². The first-order valence-corrected chi connectivity index (χ1v) is 5.81. The molecular weight excluding hydrogens is 188 g/mol. The van der Waals surface area contributed by atoms with Gasteiger partial charge < -0.3 is 4.74 Å². The van der Waals surface area contributed by atoms with Gasteiger partial charge in [-0.25, -0.2) is 4.79 Å². The lowest BCUT2D eigenvalue weighted by Gasteiger charge is -2.37. The van der Waals surface area contributed by atoms with Crippen molar-refractivity contribution in [2.24, 2.45) is 16.7 Å². The van der Waals surface area contributed by atoms with Crippen LogP contribution < -0.4 is 0 Å². The van der Waals surface area contributed by atoms with Crippen molar-refractivity contribution < 1.29 is 9.53 Å². The molecule has 2 heteroatoms. The van der Waals surface area contributed by atoms with Gasteiger partial charge in [0.15, 0.2) is 0 Å². The van der Waals surface area contributed by atoms with E-state index in [0.29, 0.717) is 12.0 Å². The highest BCUT2D eigenvalue weighted by molar-refractivity contribution is 5.81. The van der Waals surface area contributed by atoms with Gasteiger partial charge in [0.2, 0.25) is 0 Å². The second-order valence-electron chi connectivity index (χ2n) is 5.59. The molecule has 2 bridgehead atoms. The van der Waals surface area contributed by atoms with Crippen LogP contribution >= 0.6 is 0 Å². The third-order valence-electron chi connectivity index (χ3n) is 4.99. The molecular formula is C13H20O2. The van der Waals surface area contributed by atoms with E-state index in [0.717, 1.165) is 5.92 Å². The molecule has 0 aromatic carbocycles. The van der Waals surface area contributed by atoms with E-state index in [1.54, 1.807) is 0 Å². The summed E-state index contributed by atoms with van der Waals surface area (Å²) in [6.07, 6.45) is 6.30. The largest absolute Gasteiger partial charge is 0.462 e. The molecule has 0 aliphatic heterocycles. The third kappa shape index (κ3) is 1.42. The Morgan fingerprint density at radius 3 is 2.47 bits per heavy atom. The van der Waals surface area contributed by atoms with Gasteiger partial charge in [0.05, 0.1) is 6.61 Å². The molecule has 0 radical (unpaired) electrons. The van der Waals surface area contributed by atoms with E-state index in [4.69, 9.17) is 4.74 Å². The van der Waals surface area contributed by atoms with Gasteiger partial charge in [0.25, 0.3) is 0 Å². The van der Waals surface area contributed by atoms with E-state index in [9.17, 15) is 4.79 Å². The number of carbonyl (C=O) groups is 1. The predicted molar refractivity (Wildman–Crippen MR) is 59.3 cm³/mol. The first-order valence-electron chi connectivity index (χ1n) is 5.81. The van der Waals surface area contributed by atoms with Gasteiger partial charge in [-0.3, -0.25) is 0 Å². The number of esters is 1. The Bertz CT molecular complexity index is 283. The Hall–Kier alpha value is -0.790. The minimum atomic E-state index is -0.282. The molecule has 2 nitrogen and oxygen atoms in total. The topological polar surface area (TPSA) is 26.3 Å². The van der Waals surface area contributed by atoms with Crippen molar-refractivity contribution in [3.05, 3.63) is 12.7 Å². The molecule has 2 fully saturated rings. The Balaban J connectivity index is 2.07. The summed E-state index contributed by atoms with van der Waals surface area (Å²) in [5.41, 5.74) is 0.588. The summed E-state index contributed by atoms with van der Waals surface area (Å²) in [6, 6.07) is 0. The lowest BCUT2D eigenvalue weighted by Crippen LogP contribution is -2.35. The summed E-state index contributed by atoms with van der Waals surface area (Å²) < 4.78 is 5.27. The van der Waals surface area contributed by atoms with Crippen molar-refractivity contribution >= 4 is 5.97 Å². The van der Waals surface area contributed by atoms with Crippen molar-refractivity contribution in [3.8, 4) is 0 Å². The molecule has 15 heavy (non-hydrogen) atoms. The highest BCUT2D eigenvalue weighted by Crippen LogP contribution is 2.65. The number of hydrogen-bond donors (Lipinski definition) is 0. The molecule has 0 heterocycles. The van der Waals surface area contributed by atoms with E-state index in [1.165, 1.54) is 31.8 Å². The smallest absolute Gasteiger partial charge is 0.330 e. The predicted octanol–water partition coefficient (Wildman–Crippen LogP) is 2.93. The summed E-state index contributed by atoms with van der Waals surface area (Å²) in [7, 11) is 0. The molecule has 2 aliphatic carbocycles. The monoisotopic (exact) mass is 208 g/mol. The van der Waals surface area contributed by atoms with E-state index in [1.807, 2.05) is 0 Å². The molecule has 0 amide bonds. The van der Waals surface area contributed by atoms with E-state index in [-0.39, 0.29) is 11.4 Å². The lowest BCUT2D eigenvalue weighted by molar-refractivity contribution is -0.143. The molecule has 2 saturated carbocycles. The fourth-order valence-electron chi connectivity index (χ4n) is 3.57. The van der Waals surface area contributed by atoms with Gasteiger partial charge in [-0.15, -0.1) is 0 Å². The quantitative estimate of drug-likeness (QED) is 0.526. The van der Waals surface area contributed by atoms with E-state index < -0.39 is 0 Å². The standard InChI is InChI=1S/C13H20O2/c1-4-11(14)15-9-13-7-5-10(6-8-13)12(13,2)3/h4,10H,1,5-9H2,2-3H3. The van der Waals surface area contributed by atoms with Crippen molar-refractivity contribution in [1.82, 2.24) is 0 Å². The summed E-state index contributed by atoms with van der Waals surface area (Å²) in [5, 5.41) is 0. The van der Waals surface area contributed by atoms with Crippen molar-refractivity contribution in [2.75, 3.05) is 6.61 Å². The van der Waals surface area contributed by atoms with Crippen molar-refractivity contribution in [2.45, 2.75) is 39.5 Å². The number of carbonyl (C=O) groups excluding carboxylic acids is 1. The zero-order valence-corrected chi connectivity index (χ0v) is 9.71. The Morgan fingerprint density at radius 2 is 2.07 bits per heavy atom. The minimum absolute atomic E-state index is 0.246. The molecule has 0 spiro atoms. The van der Waals surface area contributed by atoms with E-state index >= 15 is 0 Å². The zero-order chi connectivity index (χ0) is 11.1. The second kappa shape index (κ2) is 3.36. The van der Waals surface area contributed by atoms with Gasteiger partial charge >= 0.3 is 5.97 Å². The Kier molecular flexibility index (Phi) is 2.40. The Labute approximate surface area is 91.7 Å². The zero-order valence-electron chi connectivity index (χ0n) is 9.71. The number of fused-ring (bicyclic) bond motifs is 2. The third-order valence-corrected chi connectivity index (χ3v) is 4.99. The normalized spacial score (nSPS) is 36.5. The van der Waals surface area contributed by atoms with Gasteiger partial charge in [-0.05, 0) is 37.0 Å². The van der Waals surface area contributed by atoms with Crippen LogP contribution in [0.1, 0.15) is 39.5 Å². The Morgan fingerprint density at radius 1 is 1.47 bits per heavy atom. The van der Waals surface area contributed by atoms with Gasteiger partial charge in [-0.2, -0.15) is 0 Å². The summed E-state index contributed by atoms with van der Waals surface area (Å²) in [6.45, 7) is 8.68. The molecule has 0 saturated heterocycles. The molecule has 84 valence electrons. The van der Waals surface area contributed by atoms with Crippen LogP contribution in [-0.2, 0) is 9.53 Å². The van der Waals surface area contributed by atoms with Crippen LogP contribution in [0.15, 0.2) is 12.7 Å². The maximum absolute atomic E-state index is 11.1. The first kappa shape index (κ1) is 10.7. The van der Waals surface area contributed by atoms with Crippen molar-refractivity contribution in [3.63, 3.8) is 0 Å². The molecule has 2 aliphatic rings. The van der Waals surface area contributed by atoms with Gasteiger partial charge in [0, 0.05) is 11.5 Å². The maximum Gasteiger partial charge on any atom is 0.330 e.